The lowest BCUT2D eigenvalue weighted by atomic mass is 10.1. The van der Waals surface area contributed by atoms with Crippen molar-refractivity contribution in [2.75, 3.05) is 13.7 Å². The fourth-order valence-electron chi connectivity index (χ4n) is 2.15. The first kappa shape index (κ1) is 14.9. The number of aromatic hydroxyl groups is 1. The number of benzene rings is 2. The molecule has 0 atom stereocenters. The van der Waals surface area contributed by atoms with E-state index in [1.54, 1.807) is 25.3 Å². The predicted octanol–water partition coefficient (Wildman–Crippen LogP) is 2.68. The number of methoxy groups -OCH3 is 1. The Morgan fingerprint density at radius 3 is 2.71 bits per heavy atom. The quantitative estimate of drug-likeness (QED) is 0.888. The van der Waals surface area contributed by atoms with Gasteiger partial charge in [0.2, 0.25) is 0 Å². The van der Waals surface area contributed by atoms with E-state index in [0.29, 0.717) is 18.5 Å². The third-order valence-electron chi connectivity index (χ3n) is 3.27. The van der Waals surface area contributed by atoms with Gasteiger partial charge in [0.1, 0.15) is 11.5 Å². The molecule has 0 saturated carbocycles. The summed E-state index contributed by atoms with van der Waals surface area (Å²) in [6.45, 7) is 2.34. The van der Waals surface area contributed by atoms with Gasteiger partial charge < -0.3 is 15.2 Å². The highest BCUT2D eigenvalue weighted by Crippen LogP contribution is 2.19. The van der Waals surface area contributed by atoms with Gasteiger partial charge in [-0.3, -0.25) is 4.79 Å². The van der Waals surface area contributed by atoms with Gasteiger partial charge in [-0.2, -0.15) is 0 Å². The Labute approximate surface area is 124 Å². The van der Waals surface area contributed by atoms with Crippen molar-refractivity contribution in [2.45, 2.75) is 13.3 Å². The number of aryl methyl sites for hydroxylation is 1. The second kappa shape index (κ2) is 6.79. The maximum Gasteiger partial charge on any atom is 0.255 e. The van der Waals surface area contributed by atoms with Gasteiger partial charge in [0.15, 0.2) is 0 Å². The molecule has 4 nitrogen and oxygen atoms in total. The van der Waals surface area contributed by atoms with E-state index < -0.39 is 0 Å². The second-order valence-corrected chi connectivity index (χ2v) is 4.84. The van der Waals surface area contributed by atoms with E-state index in [2.05, 4.69) is 5.32 Å². The zero-order valence-corrected chi connectivity index (χ0v) is 12.2. The number of carbonyl (C=O) groups is 1. The molecule has 0 aliphatic carbocycles. The summed E-state index contributed by atoms with van der Waals surface area (Å²) < 4.78 is 5.27. The van der Waals surface area contributed by atoms with E-state index in [4.69, 9.17) is 4.74 Å². The van der Waals surface area contributed by atoms with E-state index in [1.807, 2.05) is 31.2 Å². The first-order chi connectivity index (χ1) is 10.1. The van der Waals surface area contributed by atoms with Crippen molar-refractivity contribution in [3.63, 3.8) is 0 Å². The number of phenolic OH excluding ortho intramolecular Hbond substituents is 1. The predicted molar refractivity (Wildman–Crippen MR) is 81.9 cm³/mol. The lowest BCUT2D eigenvalue weighted by Gasteiger charge is -2.10. The molecule has 0 aliphatic heterocycles. The largest absolute Gasteiger partial charge is 0.507 e. The summed E-state index contributed by atoms with van der Waals surface area (Å²) in [5, 5.41) is 12.6. The third-order valence-corrected chi connectivity index (χ3v) is 3.27. The van der Waals surface area contributed by atoms with E-state index in [1.165, 1.54) is 0 Å². The van der Waals surface area contributed by atoms with Gasteiger partial charge in [0.05, 0.1) is 12.7 Å². The van der Waals surface area contributed by atoms with Gasteiger partial charge >= 0.3 is 0 Å². The highest BCUT2D eigenvalue weighted by atomic mass is 16.5. The third kappa shape index (κ3) is 3.75. The van der Waals surface area contributed by atoms with Crippen LogP contribution in [0.2, 0.25) is 0 Å². The summed E-state index contributed by atoms with van der Waals surface area (Å²) in [7, 11) is 1.63. The smallest absolute Gasteiger partial charge is 0.255 e. The molecule has 0 aromatic heterocycles. The molecule has 0 aliphatic rings. The maximum atomic E-state index is 12.0. The average Bonchev–Trinajstić information content (AvgIpc) is 2.47. The fraction of sp³-hybridized carbons (Fsp3) is 0.235. The molecule has 0 radical (unpaired) electrons. The topological polar surface area (TPSA) is 58.6 Å². The molecule has 4 heteroatoms. The molecular formula is C17H19NO3. The monoisotopic (exact) mass is 285 g/mol. The van der Waals surface area contributed by atoms with Crippen LogP contribution in [0.1, 0.15) is 21.5 Å². The van der Waals surface area contributed by atoms with Gasteiger partial charge in [0.25, 0.3) is 5.91 Å². The molecule has 2 rings (SSSR count). The molecular weight excluding hydrogens is 266 g/mol. The minimum atomic E-state index is -0.276. The van der Waals surface area contributed by atoms with E-state index >= 15 is 0 Å². The Balaban J connectivity index is 1.95. The standard InChI is InChI=1S/C17H19NO3/c1-12-7-8-14(15(19)11-12)17(20)18-10-9-13-5-3-4-6-16(13)21-2/h3-8,11,19H,9-10H2,1-2H3,(H,18,20). The normalized spacial score (nSPS) is 10.2. The lowest BCUT2D eigenvalue weighted by molar-refractivity contribution is 0.0951. The van der Waals surface area contributed by atoms with Crippen LogP contribution in [0.15, 0.2) is 42.5 Å². The van der Waals surface area contributed by atoms with Crippen molar-refractivity contribution < 1.29 is 14.6 Å². The maximum absolute atomic E-state index is 12.0. The molecule has 21 heavy (non-hydrogen) atoms. The summed E-state index contributed by atoms with van der Waals surface area (Å²) in [4.78, 5) is 12.0. The second-order valence-electron chi connectivity index (χ2n) is 4.84. The molecule has 0 bridgehead atoms. The number of hydrogen-bond donors (Lipinski definition) is 2. The van der Waals surface area contributed by atoms with Crippen LogP contribution in [0.4, 0.5) is 0 Å². The summed E-state index contributed by atoms with van der Waals surface area (Å²) in [5.74, 6) is 0.539. The van der Waals surface area contributed by atoms with E-state index in [0.717, 1.165) is 16.9 Å². The molecule has 2 N–H and O–H groups in total. The molecule has 2 aromatic carbocycles. The number of ether oxygens (including phenoxy) is 1. The number of hydrogen-bond acceptors (Lipinski definition) is 3. The number of phenols is 1. The van der Waals surface area contributed by atoms with Gasteiger partial charge in [0, 0.05) is 6.54 Å². The van der Waals surface area contributed by atoms with Gasteiger partial charge in [-0.25, -0.2) is 0 Å². The fourth-order valence-corrected chi connectivity index (χ4v) is 2.15. The van der Waals surface area contributed by atoms with Crippen LogP contribution in [0, 0.1) is 6.92 Å². The van der Waals surface area contributed by atoms with Crippen LogP contribution >= 0.6 is 0 Å². The number of rotatable bonds is 5. The number of carbonyl (C=O) groups excluding carboxylic acids is 1. The van der Waals surface area contributed by atoms with Crippen LogP contribution in [0.5, 0.6) is 11.5 Å². The van der Waals surface area contributed by atoms with Crippen molar-refractivity contribution in [2.24, 2.45) is 0 Å². The van der Waals surface area contributed by atoms with Crippen LogP contribution in [-0.4, -0.2) is 24.7 Å². The minimum Gasteiger partial charge on any atom is -0.507 e. The van der Waals surface area contributed by atoms with Crippen molar-refractivity contribution in [1.29, 1.82) is 0 Å². The minimum absolute atomic E-state index is 0.00444. The van der Waals surface area contributed by atoms with Crippen molar-refractivity contribution in [1.82, 2.24) is 5.32 Å². The van der Waals surface area contributed by atoms with E-state index in [-0.39, 0.29) is 11.7 Å². The Morgan fingerprint density at radius 1 is 1.24 bits per heavy atom. The Bertz CT molecular complexity index is 638. The molecule has 2 aromatic rings. The average molecular weight is 285 g/mol. The highest BCUT2D eigenvalue weighted by Gasteiger charge is 2.10. The SMILES string of the molecule is COc1ccccc1CCNC(=O)c1ccc(C)cc1O. The zero-order chi connectivity index (χ0) is 15.2. The van der Waals surface area contributed by atoms with Crippen LogP contribution < -0.4 is 10.1 Å². The molecule has 110 valence electrons. The Kier molecular flexibility index (Phi) is 4.82. The molecule has 1 amide bonds. The van der Waals surface area contributed by atoms with E-state index in [9.17, 15) is 9.90 Å². The van der Waals surface area contributed by atoms with Crippen LogP contribution in [-0.2, 0) is 6.42 Å². The first-order valence-corrected chi connectivity index (χ1v) is 6.81. The van der Waals surface area contributed by atoms with Crippen LogP contribution in [0.25, 0.3) is 0 Å². The Morgan fingerprint density at radius 2 is 2.00 bits per heavy atom. The zero-order valence-electron chi connectivity index (χ0n) is 12.2. The van der Waals surface area contributed by atoms with Gasteiger partial charge in [-0.1, -0.05) is 24.3 Å². The lowest BCUT2D eigenvalue weighted by Crippen LogP contribution is -2.25. The van der Waals surface area contributed by atoms with Crippen molar-refractivity contribution in [3.05, 3.63) is 59.2 Å². The number of para-hydroxylation sites is 1. The summed E-state index contributed by atoms with van der Waals surface area (Å²) >= 11 is 0. The summed E-state index contributed by atoms with van der Waals surface area (Å²) in [5.41, 5.74) is 2.24. The first-order valence-electron chi connectivity index (χ1n) is 6.81. The molecule has 0 saturated heterocycles. The molecule has 0 unspecified atom stereocenters. The van der Waals surface area contributed by atoms with Gasteiger partial charge in [-0.05, 0) is 42.7 Å². The van der Waals surface area contributed by atoms with Gasteiger partial charge in [-0.15, -0.1) is 0 Å². The molecule has 0 heterocycles. The summed E-state index contributed by atoms with van der Waals surface area (Å²) in [6.07, 6.45) is 0.669. The van der Waals surface area contributed by atoms with Crippen LogP contribution in [0.3, 0.4) is 0 Å². The molecule has 0 fully saturated rings. The summed E-state index contributed by atoms with van der Waals surface area (Å²) in [6, 6.07) is 12.7. The highest BCUT2D eigenvalue weighted by molar-refractivity contribution is 5.96. The van der Waals surface area contributed by atoms with Crippen molar-refractivity contribution in [3.8, 4) is 11.5 Å². The van der Waals surface area contributed by atoms with Crippen molar-refractivity contribution >= 4 is 5.91 Å². The number of amides is 1. The Hall–Kier alpha value is -2.49. The number of nitrogens with one attached hydrogen (secondary N) is 1. The molecule has 0 spiro atoms.